The number of benzene rings is 2. The molecule has 2 aromatic carbocycles. The van der Waals surface area contributed by atoms with Crippen LogP contribution in [-0.4, -0.2) is 60.9 Å². The number of likely N-dealkylation sites (tertiary alicyclic amines) is 1. The van der Waals surface area contributed by atoms with Gasteiger partial charge in [0.1, 0.15) is 11.5 Å². The molecule has 6 nitrogen and oxygen atoms in total. The van der Waals surface area contributed by atoms with E-state index < -0.39 is 17.7 Å². The third-order valence-corrected chi connectivity index (χ3v) is 5.72. The number of rotatable bonds is 7. The van der Waals surface area contributed by atoms with Crippen molar-refractivity contribution in [1.29, 1.82) is 0 Å². The van der Waals surface area contributed by atoms with Crippen LogP contribution in [0.15, 0.2) is 48.0 Å². The van der Waals surface area contributed by atoms with E-state index >= 15 is 0 Å². The summed E-state index contributed by atoms with van der Waals surface area (Å²) in [4.78, 5) is 29.5. The summed E-state index contributed by atoms with van der Waals surface area (Å²) < 4.78 is 5.25. The van der Waals surface area contributed by atoms with Gasteiger partial charge in [-0.3, -0.25) is 9.59 Å². The molecule has 1 saturated heterocycles. The molecule has 0 aliphatic carbocycles. The van der Waals surface area contributed by atoms with Crippen LogP contribution >= 0.6 is 0 Å². The highest BCUT2D eigenvalue weighted by atomic mass is 16.5. The van der Waals surface area contributed by atoms with Crippen molar-refractivity contribution < 1.29 is 19.4 Å². The minimum absolute atomic E-state index is 0.126. The molecular formula is C25H30N2O4. The molecule has 1 N–H and O–H groups in total. The summed E-state index contributed by atoms with van der Waals surface area (Å²) in [6.45, 7) is 4.91. The molecule has 0 bridgehead atoms. The van der Waals surface area contributed by atoms with Gasteiger partial charge in [-0.15, -0.1) is 0 Å². The summed E-state index contributed by atoms with van der Waals surface area (Å²) >= 11 is 0. The Labute approximate surface area is 183 Å². The highest BCUT2D eigenvalue weighted by molar-refractivity contribution is 6.46. The number of ketones is 1. The van der Waals surface area contributed by atoms with Crippen LogP contribution in [0, 0.1) is 6.92 Å². The van der Waals surface area contributed by atoms with Crippen molar-refractivity contribution in [2.24, 2.45) is 0 Å². The van der Waals surface area contributed by atoms with Crippen LogP contribution in [-0.2, 0) is 16.0 Å². The highest BCUT2D eigenvalue weighted by Crippen LogP contribution is 2.40. The third kappa shape index (κ3) is 4.49. The molecule has 3 rings (SSSR count). The molecular weight excluding hydrogens is 392 g/mol. The normalized spacial score (nSPS) is 18.1. The summed E-state index contributed by atoms with van der Waals surface area (Å²) in [7, 11) is 5.41. The SMILES string of the molecule is CCc1ccc([C@@H]2/C(=C(\O)c3ccc(OC)cc3C)C(=O)C(=O)N2CCN(C)C)cc1. The van der Waals surface area contributed by atoms with Gasteiger partial charge in [0.2, 0.25) is 0 Å². The summed E-state index contributed by atoms with van der Waals surface area (Å²) in [6.07, 6.45) is 0.895. The van der Waals surface area contributed by atoms with Crippen molar-refractivity contribution in [2.45, 2.75) is 26.3 Å². The lowest BCUT2D eigenvalue weighted by atomic mass is 9.93. The number of aliphatic hydroxyl groups excluding tert-OH is 1. The number of carbonyl (C=O) groups is 2. The van der Waals surface area contributed by atoms with E-state index in [0.29, 0.717) is 24.4 Å². The van der Waals surface area contributed by atoms with Gasteiger partial charge in [0.15, 0.2) is 0 Å². The Morgan fingerprint density at radius 2 is 1.81 bits per heavy atom. The maximum atomic E-state index is 13.1. The van der Waals surface area contributed by atoms with Gasteiger partial charge in [-0.25, -0.2) is 0 Å². The molecule has 1 atom stereocenters. The monoisotopic (exact) mass is 422 g/mol. The number of hydrogen-bond acceptors (Lipinski definition) is 5. The lowest BCUT2D eigenvalue weighted by Crippen LogP contribution is -2.35. The van der Waals surface area contributed by atoms with Crippen molar-refractivity contribution in [3.05, 3.63) is 70.3 Å². The van der Waals surface area contributed by atoms with Gasteiger partial charge >= 0.3 is 0 Å². The van der Waals surface area contributed by atoms with E-state index in [-0.39, 0.29) is 11.3 Å². The number of aliphatic hydroxyl groups is 1. The van der Waals surface area contributed by atoms with Crippen LogP contribution in [0.1, 0.15) is 35.2 Å². The molecule has 0 spiro atoms. The Hall–Kier alpha value is -3.12. The zero-order valence-electron chi connectivity index (χ0n) is 18.8. The molecule has 2 aromatic rings. The first-order chi connectivity index (χ1) is 14.8. The Kier molecular flexibility index (Phi) is 6.81. The maximum Gasteiger partial charge on any atom is 0.295 e. The summed E-state index contributed by atoms with van der Waals surface area (Å²) in [5.74, 6) is -0.738. The fourth-order valence-electron chi connectivity index (χ4n) is 3.87. The predicted octanol–water partition coefficient (Wildman–Crippen LogP) is 3.55. The van der Waals surface area contributed by atoms with Crippen LogP contribution in [0.2, 0.25) is 0 Å². The number of nitrogens with zero attached hydrogens (tertiary/aromatic N) is 2. The second-order valence-corrected chi connectivity index (χ2v) is 8.07. The number of methoxy groups -OCH3 is 1. The van der Waals surface area contributed by atoms with E-state index in [4.69, 9.17) is 4.74 Å². The number of hydrogen-bond donors (Lipinski definition) is 1. The first kappa shape index (κ1) is 22.6. The van der Waals surface area contributed by atoms with Gasteiger partial charge in [-0.1, -0.05) is 31.2 Å². The fourth-order valence-corrected chi connectivity index (χ4v) is 3.87. The average Bonchev–Trinajstić information content (AvgIpc) is 3.01. The van der Waals surface area contributed by atoms with E-state index in [2.05, 4.69) is 6.92 Å². The zero-order valence-corrected chi connectivity index (χ0v) is 18.8. The molecule has 31 heavy (non-hydrogen) atoms. The van der Waals surface area contributed by atoms with Crippen molar-refractivity contribution in [1.82, 2.24) is 9.80 Å². The number of aryl methyl sites for hydroxylation is 2. The molecule has 1 aliphatic rings. The molecule has 0 aromatic heterocycles. The van der Waals surface area contributed by atoms with Gasteiger partial charge < -0.3 is 19.6 Å². The largest absolute Gasteiger partial charge is 0.507 e. The summed E-state index contributed by atoms with van der Waals surface area (Å²) in [5.41, 5.74) is 3.38. The van der Waals surface area contributed by atoms with E-state index in [0.717, 1.165) is 17.5 Å². The standard InChI is InChI=1S/C25H30N2O4/c1-6-17-7-9-18(10-8-17)22-21(24(29)25(30)27(22)14-13-26(3)4)23(28)20-12-11-19(31-5)15-16(20)2/h7-12,15,22,28H,6,13-14H2,1-5H3/b23-21+/t22-/m1/s1. The fraction of sp³-hybridized carbons (Fsp3) is 0.360. The first-order valence-electron chi connectivity index (χ1n) is 10.5. The van der Waals surface area contributed by atoms with Crippen LogP contribution in [0.5, 0.6) is 5.75 Å². The molecule has 6 heteroatoms. The maximum absolute atomic E-state index is 13.1. The lowest BCUT2D eigenvalue weighted by molar-refractivity contribution is -0.140. The Morgan fingerprint density at radius 3 is 2.35 bits per heavy atom. The molecule has 0 saturated carbocycles. The Bertz CT molecular complexity index is 1010. The van der Waals surface area contributed by atoms with Crippen LogP contribution in [0.3, 0.4) is 0 Å². The summed E-state index contributed by atoms with van der Waals surface area (Å²) in [5, 5.41) is 11.2. The van der Waals surface area contributed by atoms with Crippen LogP contribution < -0.4 is 4.74 Å². The average molecular weight is 423 g/mol. The second kappa shape index (κ2) is 9.35. The lowest BCUT2D eigenvalue weighted by Gasteiger charge is -2.26. The van der Waals surface area contributed by atoms with Crippen LogP contribution in [0.25, 0.3) is 5.76 Å². The smallest absolute Gasteiger partial charge is 0.295 e. The number of carbonyl (C=O) groups excluding carboxylic acids is 2. The van der Waals surface area contributed by atoms with Gasteiger partial charge in [-0.2, -0.15) is 0 Å². The topological polar surface area (TPSA) is 70.1 Å². The molecule has 1 aliphatic heterocycles. The van der Waals surface area contributed by atoms with Gasteiger partial charge in [0, 0.05) is 18.7 Å². The predicted molar refractivity (Wildman–Crippen MR) is 121 cm³/mol. The molecule has 1 heterocycles. The quantitative estimate of drug-likeness (QED) is 0.420. The van der Waals surface area contributed by atoms with E-state index in [1.807, 2.05) is 50.2 Å². The number of Topliss-reactive ketones (excluding diaryl/α,β-unsaturated/α-hetero) is 1. The van der Waals surface area contributed by atoms with Crippen molar-refractivity contribution >= 4 is 17.4 Å². The van der Waals surface area contributed by atoms with Crippen molar-refractivity contribution in [3.63, 3.8) is 0 Å². The molecule has 1 fully saturated rings. The molecule has 164 valence electrons. The van der Waals surface area contributed by atoms with Gasteiger partial charge in [-0.05, 0) is 62.3 Å². The van der Waals surface area contributed by atoms with Crippen molar-refractivity contribution in [3.8, 4) is 5.75 Å². The molecule has 0 radical (unpaired) electrons. The zero-order chi connectivity index (χ0) is 22.7. The van der Waals surface area contributed by atoms with E-state index in [1.54, 1.807) is 30.2 Å². The number of ether oxygens (including phenoxy) is 1. The Morgan fingerprint density at radius 1 is 1.13 bits per heavy atom. The first-order valence-corrected chi connectivity index (χ1v) is 10.5. The molecule has 0 unspecified atom stereocenters. The second-order valence-electron chi connectivity index (χ2n) is 8.07. The number of amides is 1. The third-order valence-electron chi connectivity index (χ3n) is 5.72. The van der Waals surface area contributed by atoms with Gasteiger partial charge in [0.05, 0.1) is 18.7 Å². The minimum atomic E-state index is -0.656. The van der Waals surface area contributed by atoms with Crippen LogP contribution in [0.4, 0.5) is 0 Å². The van der Waals surface area contributed by atoms with Crippen molar-refractivity contribution in [2.75, 3.05) is 34.3 Å². The number of likely N-dealkylation sites (N-methyl/N-ethyl adjacent to an activating group) is 1. The Balaban J connectivity index is 2.15. The van der Waals surface area contributed by atoms with Gasteiger partial charge in [0.25, 0.3) is 11.7 Å². The molecule has 1 amide bonds. The van der Waals surface area contributed by atoms with E-state index in [9.17, 15) is 14.7 Å². The summed E-state index contributed by atoms with van der Waals surface area (Å²) in [6, 6.07) is 12.5. The minimum Gasteiger partial charge on any atom is -0.507 e. The van der Waals surface area contributed by atoms with E-state index in [1.165, 1.54) is 5.56 Å². The highest BCUT2D eigenvalue weighted by Gasteiger charge is 2.46.